The van der Waals surface area contributed by atoms with Crippen LogP contribution in [-0.2, 0) is 6.61 Å². The third-order valence-electron chi connectivity index (χ3n) is 4.06. The van der Waals surface area contributed by atoms with Crippen molar-refractivity contribution in [3.05, 3.63) is 70.9 Å². The average Bonchev–Trinajstić information content (AvgIpc) is 3.25. The normalized spacial score (nSPS) is 10.7. The largest absolute Gasteiger partial charge is 0.493 e. The fourth-order valence-corrected chi connectivity index (χ4v) is 2.54. The molecule has 3 aromatic rings. The number of anilines is 1. The molecular formula is C20H14F5NO5. The molecule has 0 spiro atoms. The lowest BCUT2D eigenvalue weighted by Crippen LogP contribution is -2.11. The van der Waals surface area contributed by atoms with Crippen LogP contribution in [0.5, 0.6) is 17.2 Å². The minimum absolute atomic E-state index is 0.0959. The molecule has 1 heterocycles. The first-order chi connectivity index (χ1) is 14.8. The van der Waals surface area contributed by atoms with Gasteiger partial charge in [-0.3, -0.25) is 4.79 Å². The lowest BCUT2D eigenvalue weighted by Gasteiger charge is -2.10. The number of nitrogens with one attached hydrogen (secondary N) is 1. The number of methoxy groups -OCH3 is 2. The molecule has 0 bridgehead atoms. The van der Waals surface area contributed by atoms with Crippen LogP contribution in [0.1, 0.15) is 16.3 Å². The highest BCUT2D eigenvalue weighted by atomic mass is 19.2. The Hall–Kier alpha value is -3.76. The highest BCUT2D eigenvalue weighted by Gasteiger charge is 2.27. The fourth-order valence-electron chi connectivity index (χ4n) is 2.54. The van der Waals surface area contributed by atoms with Crippen LogP contribution in [0.15, 0.2) is 34.7 Å². The Morgan fingerprint density at radius 3 is 2.10 bits per heavy atom. The van der Waals surface area contributed by atoms with Crippen molar-refractivity contribution in [2.75, 3.05) is 19.5 Å². The van der Waals surface area contributed by atoms with Crippen molar-refractivity contribution >= 4 is 11.6 Å². The molecule has 1 N–H and O–H groups in total. The van der Waals surface area contributed by atoms with E-state index < -0.39 is 47.3 Å². The number of rotatable bonds is 7. The van der Waals surface area contributed by atoms with E-state index in [0.29, 0.717) is 17.2 Å². The van der Waals surface area contributed by atoms with Crippen molar-refractivity contribution < 1.29 is 45.4 Å². The topological polar surface area (TPSA) is 69.9 Å². The second kappa shape index (κ2) is 8.94. The third kappa shape index (κ3) is 4.39. The average molecular weight is 443 g/mol. The maximum atomic E-state index is 13.6. The molecule has 6 nitrogen and oxygen atoms in total. The molecule has 0 saturated carbocycles. The second-order valence-corrected chi connectivity index (χ2v) is 5.98. The maximum absolute atomic E-state index is 13.6. The first kappa shape index (κ1) is 21.9. The van der Waals surface area contributed by atoms with Gasteiger partial charge in [0.15, 0.2) is 23.0 Å². The molecule has 0 atom stereocenters. The summed E-state index contributed by atoms with van der Waals surface area (Å²) in [6.07, 6.45) is 0. The summed E-state index contributed by atoms with van der Waals surface area (Å²) in [5.74, 6) is -12.4. The van der Waals surface area contributed by atoms with Gasteiger partial charge in [-0.05, 0) is 24.3 Å². The van der Waals surface area contributed by atoms with E-state index >= 15 is 0 Å². The van der Waals surface area contributed by atoms with Gasteiger partial charge in [-0.25, -0.2) is 13.2 Å². The molecule has 0 aliphatic carbocycles. The van der Waals surface area contributed by atoms with Crippen molar-refractivity contribution in [3.8, 4) is 17.2 Å². The van der Waals surface area contributed by atoms with Crippen molar-refractivity contribution in [2.45, 2.75) is 6.61 Å². The predicted molar refractivity (Wildman–Crippen MR) is 96.8 cm³/mol. The van der Waals surface area contributed by atoms with E-state index in [-0.39, 0.29) is 11.5 Å². The summed E-state index contributed by atoms with van der Waals surface area (Å²) in [6.45, 7) is -0.692. The Morgan fingerprint density at radius 2 is 1.48 bits per heavy atom. The molecule has 3 rings (SSSR count). The number of ether oxygens (including phenoxy) is 3. The van der Waals surface area contributed by atoms with Crippen LogP contribution in [0.2, 0.25) is 0 Å². The number of carbonyl (C=O) groups is 1. The molecule has 0 saturated heterocycles. The van der Waals surface area contributed by atoms with Gasteiger partial charge in [0.2, 0.25) is 29.1 Å². The van der Waals surface area contributed by atoms with Crippen LogP contribution in [0, 0.1) is 29.1 Å². The van der Waals surface area contributed by atoms with Gasteiger partial charge in [0, 0.05) is 11.8 Å². The predicted octanol–water partition coefficient (Wildman–Crippen LogP) is 4.82. The van der Waals surface area contributed by atoms with Crippen LogP contribution in [0.3, 0.4) is 0 Å². The Bertz CT molecular complexity index is 1100. The highest BCUT2D eigenvalue weighted by molar-refractivity contribution is 6.02. The Morgan fingerprint density at radius 1 is 0.871 bits per heavy atom. The van der Waals surface area contributed by atoms with Crippen LogP contribution in [0.25, 0.3) is 0 Å². The zero-order valence-electron chi connectivity index (χ0n) is 16.0. The molecule has 0 fully saturated rings. The van der Waals surface area contributed by atoms with Crippen molar-refractivity contribution in [1.29, 1.82) is 0 Å². The van der Waals surface area contributed by atoms with Crippen molar-refractivity contribution in [1.82, 2.24) is 0 Å². The van der Waals surface area contributed by atoms with Gasteiger partial charge in [-0.1, -0.05) is 0 Å². The summed E-state index contributed by atoms with van der Waals surface area (Å²) in [5.41, 5.74) is 0.359. The molecule has 1 aromatic heterocycles. The van der Waals surface area contributed by atoms with Gasteiger partial charge < -0.3 is 23.9 Å². The van der Waals surface area contributed by atoms with Crippen LogP contribution in [0.4, 0.5) is 27.6 Å². The minimum atomic E-state index is -2.30. The summed E-state index contributed by atoms with van der Waals surface area (Å²) in [7, 11) is 2.88. The number of amides is 1. The van der Waals surface area contributed by atoms with E-state index in [4.69, 9.17) is 13.9 Å². The lowest BCUT2D eigenvalue weighted by atomic mass is 10.2. The smallest absolute Gasteiger partial charge is 0.291 e. The monoisotopic (exact) mass is 443 g/mol. The molecule has 2 aromatic carbocycles. The van der Waals surface area contributed by atoms with E-state index in [1.54, 1.807) is 12.1 Å². The first-order valence-electron chi connectivity index (χ1n) is 8.53. The summed E-state index contributed by atoms with van der Waals surface area (Å²) < 4.78 is 86.9. The fraction of sp³-hybridized carbons (Fsp3) is 0.150. The molecule has 0 aliphatic heterocycles. The summed E-state index contributed by atoms with van der Waals surface area (Å²) in [4.78, 5) is 12.3. The third-order valence-corrected chi connectivity index (χ3v) is 4.06. The number of furan rings is 1. The number of benzene rings is 2. The molecule has 0 radical (unpaired) electrons. The van der Waals surface area contributed by atoms with Gasteiger partial charge >= 0.3 is 0 Å². The van der Waals surface area contributed by atoms with Crippen LogP contribution >= 0.6 is 0 Å². The number of hydrogen-bond donors (Lipinski definition) is 1. The zero-order chi connectivity index (χ0) is 22.7. The Labute approximate surface area is 172 Å². The first-order valence-corrected chi connectivity index (χ1v) is 8.53. The van der Waals surface area contributed by atoms with Gasteiger partial charge in [0.1, 0.15) is 12.4 Å². The van der Waals surface area contributed by atoms with E-state index in [1.165, 1.54) is 32.4 Å². The summed E-state index contributed by atoms with van der Waals surface area (Å²) in [6, 6.07) is 7.12. The molecule has 1 amide bonds. The molecule has 11 heteroatoms. The zero-order valence-corrected chi connectivity index (χ0v) is 16.0. The van der Waals surface area contributed by atoms with Gasteiger partial charge in [0.25, 0.3) is 5.91 Å². The van der Waals surface area contributed by atoms with E-state index in [1.807, 2.05) is 0 Å². The lowest BCUT2D eigenvalue weighted by molar-refractivity contribution is 0.0992. The Balaban J connectivity index is 1.71. The van der Waals surface area contributed by atoms with Gasteiger partial charge in [-0.15, -0.1) is 0 Å². The van der Waals surface area contributed by atoms with Crippen LogP contribution in [-0.4, -0.2) is 20.1 Å². The number of carbonyl (C=O) groups excluding carboxylic acids is 1. The minimum Gasteiger partial charge on any atom is -0.493 e. The molecule has 0 aliphatic rings. The van der Waals surface area contributed by atoms with E-state index in [0.717, 1.165) is 0 Å². The summed E-state index contributed by atoms with van der Waals surface area (Å²) in [5, 5.41) is 2.54. The Kier molecular flexibility index (Phi) is 6.33. The van der Waals surface area contributed by atoms with Crippen molar-refractivity contribution in [2.24, 2.45) is 0 Å². The molecule has 0 unspecified atom stereocenters. The standard InChI is InChI=1S/C20H14F5NO5/c1-28-11-5-3-9(7-13(11)29-2)26-20(27)12-6-4-10(31-12)8-30-19-17(24)15(22)14(21)16(23)18(19)25/h3-7H,8H2,1-2H3,(H,26,27). The number of hydrogen-bond acceptors (Lipinski definition) is 5. The maximum Gasteiger partial charge on any atom is 0.291 e. The van der Waals surface area contributed by atoms with Crippen molar-refractivity contribution in [3.63, 3.8) is 0 Å². The van der Waals surface area contributed by atoms with E-state index in [9.17, 15) is 26.7 Å². The highest BCUT2D eigenvalue weighted by Crippen LogP contribution is 2.31. The second-order valence-electron chi connectivity index (χ2n) is 5.98. The summed E-state index contributed by atoms with van der Waals surface area (Å²) >= 11 is 0. The molecular weight excluding hydrogens is 429 g/mol. The molecule has 164 valence electrons. The van der Waals surface area contributed by atoms with Crippen LogP contribution < -0.4 is 19.5 Å². The van der Waals surface area contributed by atoms with E-state index in [2.05, 4.69) is 10.1 Å². The van der Waals surface area contributed by atoms with Gasteiger partial charge in [-0.2, -0.15) is 8.78 Å². The molecule has 31 heavy (non-hydrogen) atoms. The number of halogens is 5. The SMILES string of the molecule is COc1ccc(NC(=O)c2ccc(COc3c(F)c(F)c(F)c(F)c3F)o2)cc1OC. The van der Waals surface area contributed by atoms with Gasteiger partial charge in [0.05, 0.1) is 14.2 Å². The quantitative estimate of drug-likeness (QED) is 0.322.